The van der Waals surface area contributed by atoms with Gasteiger partial charge in [-0.15, -0.1) is 0 Å². The van der Waals surface area contributed by atoms with E-state index in [0.29, 0.717) is 30.1 Å². The quantitative estimate of drug-likeness (QED) is 0.728. The highest BCUT2D eigenvalue weighted by Gasteiger charge is 2.23. The second kappa shape index (κ2) is 4.87. The van der Waals surface area contributed by atoms with Crippen molar-refractivity contribution in [2.75, 3.05) is 13.7 Å². The van der Waals surface area contributed by atoms with Crippen LogP contribution in [0.1, 0.15) is 5.56 Å². The largest absolute Gasteiger partial charge is 0.497 e. The number of fused-ring (bicyclic) bond motifs is 3. The second-order valence-corrected chi connectivity index (χ2v) is 5.12. The first-order valence-electron chi connectivity index (χ1n) is 7.09. The molecule has 0 saturated heterocycles. The van der Waals surface area contributed by atoms with Crippen LogP contribution in [0.3, 0.4) is 0 Å². The Kier molecular flexibility index (Phi) is 2.85. The molecule has 0 spiro atoms. The van der Waals surface area contributed by atoms with Crippen LogP contribution in [-0.2, 0) is 6.42 Å². The summed E-state index contributed by atoms with van der Waals surface area (Å²) in [5.74, 6) is 1.33. The van der Waals surface area contributed by atoms with E-state index < -0.39 is 0 Å². The number of methoxy groups -OCH3 is 1. The van der Waals surface area contributed by atoms with Crippen molar-refractivity contribution in [3.63, 3.8) is 0 Å². The summed E-state index contributed by atoms with van der Waals surface area (Å²) in [7, 11) is 1.61. The van der Waals surface area contributed by atoms with Gasteiger partial charge < -0.3 is 9.47 Å². The number of ether oxygens (including phenoxy) is 2. The number of aromatic nitrogens is 2. The predicted octanol–water partition coefficient (Wildman–Crippen LogP) is 2.33. The van der Waals surface area contributed by atoms with Gasteiger partial charge in [-0.1, -0.05) is 6.07 Å². The molecule has 1 aliphatic rings. The molecule has 0 radical (unpaired) electrons. The Balaban J connectivity index is 2.11. The van der Waals surface area contributed by atoms with Crippen molar-refractivity contribution in [2.24, 2.45) is 0 Å². The molecule has 0 amide bonds. The Bertz CT molecular complexity index is 931. The Morgan fingerprint density at radius 1 is 1.27 bits per heavy atom. The molecule has 3 heterocycles. The molecule has 2 aromatic heterocycles. The number of hydrogen-bond acceptors (Lipinski definition) is 4. The molecular weight excluding hydrogens is 280 g/mol. The highest BCUT2D eigenvalue weighted by molar-refractivity contribution is 5.84. The number of nitrogens with zero attached hydrogens (tertiary/aromatic N) is 2. The van der Waals surface area contributed by atoms with Crippen LogP contribution in [0.25, 0.3) is 16.7 Å². The Morgan fingerprint density at radius 3 is 3.05 bits per heavy atom. The SMILES string of the molecule is COc1cccc(-n2c(=O)c3c(c4ncccc42)OCC3)c1. The molecule has 0 aliphatic carbocycles. The molecule has 0 N–H and O–H groups in total. The number of hydrogen-bond donors (Lipinski definition) is 0. The van der Waals surface area contributed by atoms with Crippen LogP contribution in [0.4, 0.5) is 0 Å². The molecule has 0 atom stereocenters. The summed E-state index contributed by atoms with van der Waals surface area (Å²) < 4.78 is 12.6. The second-order valence-electron chi connectivity index (χ2n) is 5.12. The lowest BCUT2D eigenvalue weighted by Crippen LogP contribution is -2.22. The van der Waals surface area contributed by atoms with Crippen LogP contribution in [0.2, 0.25) is 0 Å². The van der Waals surface area contributed by atoms with Crippen molar-refractivity contribution in [1.29, 1.82) is 0 Å². The Morgan fingerprint density at radius 2 is 2.18 bits per heavy atom. The topological polar surface area (TPSA) is 53.4 Å². The van der Waals surface area contributed by atoms with E-state index in [4.69, 9.17) is 9.47 Å². The van der Waals surface area contributed by atoms with Crippen molar-refractivity contribution in [3.05, 3.63) is 58.5 Å². The van der Waals surface area contributed by atoms with E-state index >= 15 is 0 Å². The third kappa shape index (κ3) is 1.79. The Hall–Kier alpha value is -2.82. The normalized spacial score (nSPS) is 13.0. The predicted molar refractivity (Wildman–Crippen MR) is 83.1 cm³/mol. The van der Waals surface area contributed by atoms with Crippen LogP contribution < -0.4 is 15.0 Å². The molecule has 22 heavy (non-hydrogen) atoms. The van der Waals surface area contributed by atoms with E-state index in [-0.39, 0.29) is 5.56 Å². The van der Waals surface area contributed by atoms with E-state index in [2.05, 4.69) is 4.98 Å². The van der Waals surface area contributed by atoms with Gasteiger partial charge in [0.05, 0.1) is 30.5 Å². The van der Waals surface area contributed by atoms with Gasteiger partial charge in [0, 0.05) is 18.7 Å². The van der Waals surface area contributed by atoms with Gasteiger partial charge in [0.1, 0.15) is 11.3 Å². The van der Waals surface area contributed by atoms with E-state index in [9.17, 15) is 4.79 Å². The summed E-state index contributed by atoms with van der Waals surface area (Å²) in [6.07, 6.45) is 2.33. The third-order valence-corrected chi connectivity index (χ3v) is 3.89. The minimum atomic E-state index is -0.0544. The number of rotatable bonds is 2. The fraction of sp³-hybridized carbons (Fsp3) is 0.176. The lowest BCUT2D eigenvalue weighted by Gasteiger charge is -2.13. The van der Waals surface area contributed by atoms with Crippen molar-refractivity contribution in [2.45, 2.75) is 6.42 Å². The molecule has 4 rings (SSSR count). The van der Waals surface area contributed by atoms with Gasteiger partial charge in [-0.25, -0.2) is 0 Å². The van der Waals surface area contributed by atoms with Crippen molar-refractivity contribution in [1.82, 2.24) is 9.55 Å². The Labute approximate surface area is 126 Å². The lowest BCUT2D eigenvalue weighted by atomic mass is 10.1. The molecule has 5 heteroatoms. The molecule has 3 aromatic rings. The standard InChI is InChI=1S/C17H14N2O3/c1-21-12-5-2-4-11(10-12)19-14-6-3-8-18-15(14)16-13(17(19)20)7-9-22-16/h2-6,8,10H,7,9H2,1H3. The van der Waals surface area contributed by atoms with Crippen LogP contribution in [-0.4, -0.2) is 23.3 Å². The van der Waals surface area contributed by atoms with E-state index in [1.807, 2.05) is 36.4 Å². The van der Waals surface area contributed by atoms with Gasteiger partial charge in [0.2, 0.25) is 0 Å². The lowest BCUT2D eigenvalue weighted by molar-refractivity contribution is 0.359. The third-order valence-electron chi connectivity index (χ3n) is 3.89. The van der Waals surface area contributed by atoms with Crippen molar-refractivity contribution < 1.29 is 9.47 Å². The van der Waals surface area contributed by atoms with Crippen molar-refractivity contribution >= 4 is 11.0 Å². The molecule has 1 aromatic carbocycles. The average Bonchev–Trinajstić information content (AvgIpc) is 3.06. The maximum absolute atomic E-state index is 12.9. The zero-order valence-electron chi connectivity index (χ0n) is 12.1. The van der Waals surface area contributed by atoms with Gasteiger partial charge in [-0.2, -0.15) is 0 Å². The first-order chi connectivity index (χ1) is 10.8. The fourth-order valence-electron chi connectivity index (χ4n) is 2.87. The number of pyridine rings is 2. The first kappa shape index (κ1) is 12.9. The maximum Gasteiger partial charge on any atom is 0.262 e. The highest BCUT2D eigenvalue weighted by Crippen LogP contribution is 2.31. The molecule has 0 fully saturated rings. The molecule has 5 nitrogen and oxygen atoms in total. The van der Waals surface area contributed by atoms with E-state index in [1.165, 1.54) is 0 Å². The van der Waals surface area contributed by atoms with Crippen LogP contribution >= 0.6 is 0 Å². The summed E-state index contributed by atoms with van der Waals surface area (Å²) in [6.45, 7) is 0.526. The summed E-state index contributed by atoms with van der Waals surface area (Å²) in [4.78, 5) is 17.3. The van der Waals surface area contributed by atoms with E-state index in [0.717, 1.165) is 16.7 Å². The zero-order valence-corrected chi connectivity index (χ0v) is 12.1. The highest BCUT2D eigenvalue weighted by atomic mass is 16.5. The van der Waals surface area contributed by atoms with Crippen LogP contribution in [0.5, 0.6) is 11.5 Å². The zero-order chi connectivity index (χ0) is 15.1. The summed E-state index contributed by atoms with van der Waals surface area (Å²) in [5, 5.41) is 0. The minimum Gasteiger partial charge on any atom is -0.497 e. The monoisotopic (exact) mass is 294 g/mol. The van der Waals surface area contributed by atoms with E-state index in [1.54, 1.807) is 17.9 Å². The average molecular weight is 294 g/mol. The van der Waals surface area contributed by atoms with Gasteiger partial charge in [0.25, 0.3) is 5.56 Å². The minimum absolute atomic E-state index is 0.0544. The molecule has 0 saturated carbocycles. The fourth-order valence-corrected chi connectivity index (χ4v) is 2.87. The molecule has 0 bridgehead atoms. The van der Waals surface area contributed by atoms with Crippen LogP contribution in [0.15, 0.2) is 47.4 Å². The smallest absolute Gasteiger partial charge is 0.262 e. The molecule has 0 unspecified atom stereocenters. The van der Waals surface area contributed by atoms with Crippen molar-refractivity contribution in [3.8, 4) is 17.2 Å². The molecular formula is C17H14N2O3. The summed E-state index contributed by atoms with van der Waals surface area (Å²) >= 11 is 0. The maximum atomic E-state index is 12.9. The van der Waals surface area contributed by atoms with Gasteiger partial charge in [-0.3, -0.25) is 14.3 Å². The van der Waals surface area contributed by atoms with Crippen LogP contribution in [0, 0.1) is 0 Å². The first-order valence-corrected chi connectivity index (χ1v) is 7.09. The summed E-state index contributed by atoms with van der Waals surface area (Å²) in [5.41, 5.74) is 2.85. The number of benzene rings is 1. The molecule has 110 valence electrons. The molecule has 1 aliphatic heterocycles. The summed E-state index contributed by atoms with van der Waals surface area (Å²) in [6, 6.07) is 11.2. The van der Waals surface area contributed by atoms with Gasteiger partial charge >= 0.3 is 0 Å². The van der Waals surface area contributed by atoms with Gasteiger partial charge in [0.15, 0.2) is 5.75 Å². The van der Waals surface area contributed by atoms with Gasteiger partial charge in [-0.05, 0) is 24.3 Å².